The summed E-state index contributed by atoms with van der Waals surface area (Å²) in [5, 5.41) is 0. The molecule has 1 saturated carbocycles. The van der Waals surface area contributed by atoms with E-state index in [1.54, 1.807) is 0 Å². The third kappa shape index (κ3) is 3.36. The minimum absolute atomic E-state index is 0.200. The van der Waals surface area contributed by atoms with Gasteiger partial charge in [0.15, 0.2) is 0 Å². The fourth-order valence-electron chi connectivity index (χ4n) is 4.70. The first-order valence-electron chi connectivity index (χ1n) is 8.66. The van der Waals surface area contributed by atoms with Gasteiger partial charge in [-0.3, -0.25) is 0 Å². The molecule has 0 amide bonds. The molecule has 3 rings (SSSR count). The highest BCUT2D eigenvalue weighted by molar-refractivity contribution is 7.99. The maximum atomic E-state index is 6.71. The fourth-order valence-corrected chi connectivity index (χ4v) is 5.94. The Morgan fingerprint density at radius 3 is 2.70 bits per heavy atom. The first-order chi connectivity index (χ1) is 9.69. The van der Waals surface area contributed by atoms with Crippen LogP contribution in [-0.4, -0.2) is 29.8 Å². The third-order valence-electron chi connectivity index (χ3n) is 6.00. The molecule has 116 valence electrons. The summed E-state index contributed by atoms with van der Waals surface area (Å²) in [6, 6.07) is 0.424. The monoisotopic (exact) mass is 297 g/mol. The third-order valence-corrected chi connectivity index (χ3v) is 6.99. The lowest BCUT2D eigenvalue weighted by molar-refractivity contribution is -0.108. The summed E-state index contributed by atoms with van der Waals surface area (Å²) in [4.78, 5) is 0. The van der Waals surface area contributed by atoms with Crippen LogP contribution in [-0.2, 0) is 4.74 Å². The van der Waals surface area contributed by atoms with E-state index < -0.39 is 0 Å². The Kier molecular flexibility index (Phi) is 4.99. The van der Waals surface area contributed by atoms with E-state index in [1.165, 1.54) is 62.9 Å². The molecule has 2 nitrogen and oxygen atoms in total. The van der Waals surface area contributed by atoms with Crippen LogP contribution in [0.25, 0.3) is 0 Å². The lowest BCUT2D eigenvalue weighted by Crippen LogP contribution is -2.49. The van der Waals surface area contributed by atoms with Gasteiger partial charge in [0.2, 0.25) is 0 Å². The molecule has 2 heterocycles. The molecule has 3 heteroatoms. The molecule has 2 aliphatic heterocycles. The molecule has 3 fully saturated rings. The Bertz CT molecular complexity index is 311. The lowest BCUT2D eigenvalue weighted by Gasteiger charge is -2.46. The fraction of sp³-hybridized carbons (Fsp3) is 1.00. The van der Waals surface area contributed by atoms with Crippen molar-refractivity contribution in [2.24, 2.45) is 23.5 Å². The molecule has 4 unspecified atom stereocenters. The van der Waals surface area contributed by atoms with Crippen LogP contribution in [0.2, 0.25) is 0 Å². The second-order valence-electron chi connectivity index (χ2n) is 7.51. The zero-order valence-electron chi connectivity index (χ0n) is 13.0. The molecular weight excluding hydrogens is 266 g/mol. The van der Waals surface area contributed by atoms with Crippen LogP contribution in [0.5, 0.6) is 0 Å². The van der Waals surface area contributed by atoms with E-state index in [2.05, 4.69) is 18.7 Å². The summed E-state index contributed by atoms with van der Waals surface area (Å²) < 4.78 is 6.23. The summed E-state index contributed by atoms with van der Waals surface area (Å²) in [5.74, 6) is 4.93. The Morgan fingerprint density at radius 1 is 1.15 bits per heavy atom. The van der Waals surface area contributed by atoms with Crippen molar-refractivity contribution in [3.63, 3.8) is 0 Å². The predicted octanol–water partition coefficient (Wildman–Crippen LogP) is 3.83. The van der Waals surface area contributed by atoms with Crippen molar-refractivity contribution in [1.82, 2.24) is 0 Å². The maximum absolute atomic E-state index is 6.71. The van der Waals surface area contributed by atoms with Crippen molar-refractivity contribution in [2.45, 2.75) is 69.9 Å². The summed E-state index contributed by atoms with van der Waals surface area (Å²) in [5.41, 5.74) is 6.92. The van der Waals surface area contributed by atoms with Crippen molar-refractivity contribution in [3.05, 3.63) is 0 Å². The molecule has 0 aromatic rings. The van der Waals surface area contributed by atoms with Crippen molar-refractivity contribution in [3.8, 4) is 0 Å². The Hall–Kier alpha value is 0.270. The molecule has 1 aliphatic carbocycles. The zero-order chi connectivity index (χ0) is 14.0. The summed E-state index contributed by atoms with van der Waals surface area (Å²) in [6.07, 6.45) is 10.5. The lowest BCUT2D eigenvalue weighted by atomic mass is 9.70. The average molecular weight is 298 g/mol. The smallest absolute Gasteiger partial charge is 0.0701 e. The number of thioether (sulfide) groups is 1. The van der Waals surface area contributed by atoms with Gasteiger partial charge in [0.1, 0.15) is 0 Å². The summed E-state index contributed by atoms with van der Waals surface area (Å²) in [6.45, 7) is 3.36. The van der Waals surface area contributed by atoms with Crippen LogP contribution >= 0.6 is 11.8 Å². The van der Waals surface area contributed by atoms with Gasteiger partial charge >= 0.3 is 0 Å². The van der Waals surface area contributed by atoms with Crippen molar-refractivity contribution < 1.29 is 4.74 Å². The Morgan fingerprint density at radius 2 is 1.95 bits per heavy atom. The number of hydrogen-bond acceptors (Lipinski definition) is 3. The van der Waals surface area contributed by atoms with Crippen molar-refractivity contribution in [2.75, 3.05) is 18.1 Å². The predicted molar refractivity (Wildman–Crippen MR) is 87.1 cm³/mol. The molecule has 4 atom stereocenters. The number of ether oxygens (including phenoxy) is 1. The molecule has 1 spiro atoms. The van der Waals surface area contributed by atoms with Gasteiger partial charge in [-0.25, -0.2) is 0 Å². The van der Waals surface area contributed by atoms with Gasteiger partial charge in [0.05, 0.1) is 5.60 Å². The highest BCUT2D eigenvalue weighted by Gasteiger charge is 2.42. The first kappa shape index (κ1) is 15.2. The molecule has 0 radical (unpaired) electrons. The van der Waals surface area contributed by atoms with E-state index in [-0.39, 0.29) is 5.60 Å². The summed E-state index contributed by atoms with van der Waals surface area (Å²) >= 11 is 2.09. The van der Waals surface area contributed by atoms with E-state index in [0.29, 0.717) is 12.0 Å². The highest BCUT2D eigenvalue weighted by Crippen LogP contribution is 2.43. The van der Waals surface area contributed by atoms with Gasteiger partial charge in [-0.1, -0.05) is 19.8 Å². The van der Waals surface area contributed by atoms with E-state index >= 15 is 0 Å². The van der Waals surface area contributed by atoms with Crippen LogP contribution in [0.1, 0.15) is 58.3 Å². The molecule has 2 N–H and O–H groups in total. The molecule has 2 saturated heterocycles. The van der Waals surface area contributed by atoms with Gasteiger partial charge in [0.25, 0.3) is 0 Å². The van der Waals surface area contributed by atoms with E-state index in [9.17, 15) is 0 Å². The van der Waals surface area contributed by atoms with E-state index in [4.69, 9.17) is 10.5 Å². The molecule has 0 aromatic carbocycles. The van der Waals surface area contributed by atoms with Crippen LogP contribution in [0.4, 0.5) is 0 Å². The van der Waals surface area contributed by atoms with Crippen LogP contribution in [0.15, 0.2) is 0 Å². The zero-order valence-corrected chi connectivity index (χ0v) is 13.8. The second kappa shape index (κ2) is 6.58. The molecule has 0 bridgehead atoms. The van der Waals surface area contributed by atoms with Gasteiger partial charge in [-0.2, -0.15) is 11.8 Å². The number of nitrogens with two attached hydrogens (primary N) is 1. The van der Waals surface area contributed by atoms with Crippen LogP contribution in [0, 0.1) is 17.8 Å². The average Bonchev–Trinajstić information content (AvgIpc) is 2.47. The highest BCUT2D eigenvalue weighted by atomic mass is 32.2. The number of rotatable bonds is 2. The standard InChI is InChI=1S/C17H31NOS/c1-13-3-2-4-14(11-13)16(18)15-5-8-19-17(12-15)6-9-20-10-7-17/h13-16H,2-12,18H2,1H3. The van der Waals surface area contributed by atoms with Crippen molar-refractivity contribution in [1.29, 1.82) is 0 Å². The van der Waals surface area contributed by atoms with Gasteiger partial charge in [-0.05, 0) is 67.8 Å². The minimum Gasteiger partial charge on any atom is -0.375 e. The quantitative estimate of drug-likeness (QED) is 0.841. The molecular formula is C17H31NOS. The van der Waals surface area contributed by atoms with Crippen LogP contribution in [0.3, 0.4) is 0 Å². The minimum atomic E-state index is 0.200. The first-order valence-corrected chi connectivity index (χ1v) is 9.81. The Balaban J connectivity index is 1.60. The van der Waals surface area contributed by atoms with Gasteiger partial charge < -0.3 is 10.5 Å². The second-order valence-corrected chi connectivity index (χ2v) is 8.73. The van der Waals surface area contributed by atoms with Gasteiger partial charge in [-0.15, -0.1) is 0 Å². The Labute approximate surface area is 128 Å². The molecule has 20 heavy (non-hydrogen) atoms. The topological polar surface area (TPSA) is 35.2 Å². The summed E-state index contributed by atoms with van der Waals surface area (Å²) in [7, 11) is 0. The number of hydrogen-bond donors (Lipinski definition) is 1. The van der Waals surface area contributed by atoms with Crippen molar-refractivity contribution >= 4 is 11.8 Å². The maximum Gasteiger partial charge on any atom is 0.0701 e. The van der Waals surface area contributed by atoms with E-state index in [1.807, 2.05) is 0 Å². The SMILES string of the molecule is CC1CCCC(C(N)C2CCOC3(CCSCC3)C2)C1. The van der Waals surface area contributed by atoms with Gasteiger partial charge in [0, 0.05) is 12.6 Å². The van der Waals surface area contributed by atoms with Crippen LogP contribution < -0.4 is 5.73 Å². The van der Waals surface area contributed by atoms with E-state index in [0.717, 1.165) is 18.4 Å². The largest absolute Gasteiger partial charge is 0.375 e. The normalized spacial score (nSPS) is 39.6. The molecule has 3 aliphatic rings. The molecule has 0 aromatic heterocycles.